The Morgan fingerprint density at radius 2 is 2.16 bits per heavy atom. The minimum Gasteiger partial charge on any atom is -0.354 e. The molecule has 6 nitrogen and oxygen atoms in total. The molecule has 0 spiro atoms. The number of nitrogens with one attached hydrogen (secondary N) is 1. The molecular formula is C12H14N4O2S. The van der Waals surface area contributed by atoms with Gasteiger partial charge in [-0.3, -0.25) is 10.1 Å². The predicted octanol–water partition coefficient (Wildman–Crippen LogP) is 3.16. The maximum absolute atomic E-state index is 11.2. The van der Waals surface area contributed by atoms with Gasteiger partial charge in [-0.25, -0.2) is 9.97 Å². The van der Waals surface area contributed by atoms with Gasteiger partial charge in [-0.15, -0.1) is 11.3 Å². The molecule has 0 amide bonds. The van der Waals surface area contributed by atoms with E-state index in [-0.39, 0.29) is 5.69 Å². The summed E-state index contributed by atoms with van der Waals surface area (Å²) in [5.74, 6) is 0.422. The van der Waals surface area contributed by atoms with Gasteiger partial charge in [0.05, 0.1) is 4.92 Å². The van der Waals surface area contributed by atoms with Gasteiger partial charge in [-0.2, -0.15) is 0 Å². The minimum atomic E-state index is -0.419. The van der Waals surface area contributed by atoms with Gasteiger partial charge in [-0.05, 0) is 32.2 Å². The fraction of sp³-hybridized carbons (Fsp3) is 0.333. The maximum atomic E-state index is 11.2. The highest BCUT2D eigenvalue weighted by atomic mass is 32.1. The molecule has 2 aromatic rings. The van der Waals surface area contributed by atoms with Crippen molar-refractivity contribution in [1.82, 2.24) is 9.97 Å². The number of rotatable bonds is 4. The molecule has 0 saturated heterocycles. The van der Waals surface area contributed by atoms with Crippen LogP contribution in [0.3, 0.4) is 0 Å². The van der Waals surface area contributed by atoms with Crippen molar-refractivity contribution >= 4 is 23.0 Å². The van der Waals surface area contributed by atoms with E-state index in [1.54, 1.807) is 18.3 Å². The molecule has 0 aliphatic carbocycles. The topological polar surface area (TPSA) is 81.0 Å². The van der Waals surface area contributed by atoms with Gasteiger partial charge in [0.15, 0.2) is 5.69 Å². The summed E-state index contributed by atoms with van der Waals surface area (Å²) in [5, 5.41) is 16.1. The summed E-state index contributed by atoms with van der Waals surface area (Å²) in [5.41, 5.74) is 1.52. The largest absolute Gasteiger partial charge is 0.354 e. The van der Waals surface area contributed by atoms with Crippen molar-refractivity contribution in [3.8, 4) is 11.3 Å². The van der Waals surface area contributed by atoms with Gasteiger partial charge in [0.25, 0.3) is 0 Å². The van der Waals surface area contributed by atoms with Crippen LogP contribution in [0.2, 0.25) is 0 Å². The fourth-order valence-electron chi connectivity index (χ4n) is 1.84. The lowest BCUT2D eigenvalue weighted by Gasteiger charge is -2.08. The first-order chi connectivity index (χ1) is 9.04. The fourth-order valence-corrected chi connectivity index (χ4v) is 2.54. The molecule has 0 radical (unpaired) electrons. The van der Waals surface area contributed by atoms with Crippen LogP contribution in [-0.4, -0.2) is 21.4 Å². The summed E-state index contributed by atoms with van der Waals surface area (Å²) in [6, 6.07) is 1.85. The molecule has 2 rings (SSSR count). The molecule has 0 saturated carbocycles. The van der Waals surface area contributed by atoms with Gasteiger partial charge in [0, 0.05) is 17.0 Å². The third-order valence-corrected chi connectivity index (χ3v) is 3.54. The van der Waals surface area contributed by atoms with Gasteiger partial charge in [0.2, 0.25) is 5.95 Å². The van der Waals surface area contributed by atoms with Crippen LogP contribution in [0.25, 0.3) is 11.3 Å². The third-order valence-electron chi connectivity index (χ3n) is 2.69. The van der Waals surface area contributed by atoms with E-state index in [9.17, 15) is 10.1 Å². The van der Waals surface area contributed by atoms with Gasteiger partial charge in [-0.1, -0.05) is 0 Å². The zero-order valence-corrected chi connectivity index (χ0v) is 11.7. The first-order valence-electron chi connectivity index (χ1n) is 5.86. The normalized spacial score (nSPS) is 10.5. The summed E-state index contributed by atoms with van der Waals surface area (Å²) >= 11 is 1.54. The molecule has 0 aromatic carbocycles. The number of aromatic nitrogens is 2. The molecule has 19 heavy (non-hydrogen) atoms. The average molecular weight is 278 g/mol. The molecule has 2 aromatic heterocycles. The molecule has 1 N–H and O–H groups in total. The molecule has 0 fully saturated rings. The molecule has 0 unspecified atom stereocenters. The number of anilines is 1. The lowest BCUT2D eigenvalue weighted by molar-refractivity contribution is -0.385. The van der Waals surface area contributed by atoms with Crippen molar-refractivity contribution in [2.24, 2.45) is 0 Å². The Morgan fingerprint density at radius 3 is 2.68 bits per heavy atom. The summed E-state index contributed by atoms with van der Waals surface area (Å²) in [6.45, 7) is 6.15. The lowest BCUT2D eigenvalue weighted by atomic mass is 10.1. The smallest absolute Gasteiger partial charge is 0.316 e. The van der Waals surface area contributed by atoms with Crippen molar-refractivity contribution in [1.29, 1.82) is 0 Å². The number of aryl methyl sites for hydroxylation is 2. The zero-order valence-electron chi connectivity index (χ0n) is 10.9. The van der Waals surface area contributed by atoms with Crippen LogP contribution >= 0.6 is 11.3 Å². The van der Waals surface area contributed by atoms with Crippen LogP contribution < -0.4 is 5.32 Å². The van der Waals surface area contributed by atoms with Crippen LogP contribution in [0.15, 0.2) is 11.4 Å². The Balaban J connectivity index is 2.68. The number of nitro groups is 1. The number of nitrogens with zero attached hydrogens (tertiary/aromatic N) is 3. The van der Waals surface area contributed by atoms with Gasteiger partial charge < -0.3 is 5.32 Å². The molecule has 0 atom stereocenters. The van der Waals surface area contributed by atoms with Crippen LogP contribution in [0.5, 0.6) is 0 Å². The molecule has 7 heteroatoms. The monoisotopic (exact) mass is 278 g/mol. The standard InChI is InChI=1S/C12H14N4O2S/c1-4-13-12-14-7(2)11(16(17)18)10(15-12)9-5-6-19-8(9)3/h5-6H,4H2,1-3H3,(H,13,14,15). The molecule has 0 aliphatic heterocycles. The van der Waals surface area contributed by atoms with Crippen molar-refractivity contribution < 1.29 is 4.92 Å². The van der Waals surface area contributed by atoms with E-state index in [0.29, 0.717) is 23.9 Å². The molecule has 0 bridgehead atoms. The van der Waals surface area contributed by atoms with Crippen LogP contribution in [0.4, 0.5) is 11.6 Å². The van der Waals surface area contributed by atoms with Gasteiger partial charge >= 0.3 is 5.69 Å². The highest BCUT2D eigenvalue weighted by Gasteiger charge is 2.24. The van der Waals surface area contributed by atoms with Crippen molar-refractivity contribution in [2.75, 3.05) is 11.9 Å². The van der Waals surface area contributed by atoms with E-state index in [2.05, 4.69) is 15.3 Å². The second-order valence-electron chi connectivity index (χ2n) is 4.01. The summed E-state index contributed by atoms with van der Waals surface area (Å²) < 4.78 is 0. The Kier molecular flexibility index (Phi) is 3.75. The highest BCUT2D eigenvalue weighted by molar-refractivity contribution is 7.10. The van der Waals surface area contributed by atoms with E-state index in [1.807, 2.05) is 25.3 Å². The van der Waals surface area contributed by atoms with Crippen molar-refractivity contribution in [3.05, 3.63) is 32.1 Å². The van der Waals surface area contributed by atoms with Gasteiger partial charge in [0.1, 0.15) is 5.69 Å². The number of thiophene rings is 1. The van der Waals surface area contributed by atoms with Crippen LogP contribution in [-0.2, 0) is 0 Å². The summed E-state index contributed by atoms with van der Waals surface area (Å²) in [7, 11) is 0. The summed E-state index contributed by atoms with van der Waals surface area (Å²) in [6.07, 6.45) is 0. The minimum absolute atomic E-state index is 0.0249. The SMILES string of the molecule is CCNc1nc(C)c([N+](=O)[O-])c(-c2ccsc2C)n1. The predicted molar refractivity (Wildman–Crippen MR) is 75.6 cm³/mol. The quantitative estimate of drug-likeness (QED) is 0.686. The Bertz CT molecular complexity index is 624. The highest BCUT2D eigenvalue weighted by Crippen LogP contribution is 2.35. The van der Waals surface area contributed by atoms with Crippen molar-refractivity contribution in [2.45, 2.75) is 20.8 Å². The second-order valence-corrected chi connectivity index (χ2v) is 5.13. The summed E-state index contributed by atoms with van der Waals surface area (Å²) in [4.78, 5) is 20.2. The third kappa shape index (κ3) is 2.55. The van der Waals surface area contributed by atoms with Crippen molar-refractivity contribution in [3.63, 3.8) is 0 Å². The molecule has 2 heterocycles. The maximum Gasteiger partial charge on any atom is 0.316 e. The average Bonchev–Trinajstić information content (AvgIpc) is 2.74. The number of hydrogen-bond donors (Lipinski definition) is 1. The second kappa shape index (κ2) is 5.31. The lowest BCUT2D eigenvalue weighted by Crippen LogP contribution is -2.07. The number of hydrogen-bond acceptors (Lipinski definition) is 6. The van der Waals surface area contributed by atoms with Crippen LogP contribution in [0.1, 0.15) is 17.5 Å². The van der Waals surface area contributed by atoms with E-state index < -0.39 is 4.92 Å². The van der Waals surface area contributed by atoms with E-state index in [0.717, 1.165) is 10.4 Å². The van der Waals surface area contributed by atoms with E-state index >= 15 is 0 Å². The van der Waals surface area contributed by atoms with Crippen LogP contribution in [0, 0.1) is 24.0 Å². The first kappa shape index (κ1) is 13.4. The Labute approximate surface area is 114 Å². The Hall–Kier alpha value is -2.02. The molecule has 100 valence electrons. The van der Waals surface area contributed by atoms with E-state index in [4.69, 9.17) is 0 Å². The zero-order chi connectivity index (χ0) is 14.0. The first-order valence-corrected chi connectivity index (χ1v) is 6.74. The Morgan fingerprint density at radius 1 is 1.42 bits per heavy atom. The van der Waals surface area contributed by atoms with E-state index in [1.165, 1.54) is 0 Å². The molecule has 0 aliphatic rings. The molecular weight excluding hydrogens is 264 g/mol.